The number of sulfonamides is 1. The number of rotatable bonds is 9. The van der Waals surface area contributed by atoms with Crippen LogP contribution in [0.4, 0.5) is 0 Å². The summed E-state index contributed by atoms with van der Waals surface area (Å²) >= 11 is 0. The van der Waals surface area contributed by atoms with Crippen LogP contribution in [0.1, 0.15) is 24.7 Å². The first kappa shape index (κ1) is 23.1. The van der Waals surface area contributed by atoms with Crippen LogP contribution in [0.25, 0.3) is 11.0 Å². The molecule has 0 radical (unpaired) electrons. The zero-order chi connectivity index (χ0) is 23.3. The molecular weight excluding hydrogens is 434 g/mol. The smallest absolute Gasteiger partial charge is 0.304 e. The molecule has 1 aromatic heterocycles. The summed E-state index contributed by atoms with van der Waals surface area (Å²) in [6.07, 6.45) is -0.252. The fourth-order valence-corrected chi connectivity index (χ4v) is 4.03. The zero-order valence-electron chi connectivity index (χ0n) is 17.6. The number of hydrogen-bond acceptors (Lipinski definition) is 6. The van der Waals surface area contributed by atoms with Crippen molar-refractivity contribution in [3.05, 3.63) is 59.9 Å². The number of carbonyl (C=O) groups excluding carboxylic acids is 1. The maximum atomic E-state index is 12.3. The van der Waals surface area contributed by atoms with Crippen LogP contribution in [-0.2, 0) is 33.1 Å². The molecule has 0 aliphatic carbocycles. The summed E-state index contributed by atoms with van der Waals surface area (Å²) in [5.41, 5.74) is 5.35. The van der Waals surface area contributed by atoms with Crippen LogP contribution in [0.5, 0.6) is 0 Å². The van der Waals surface area contributed by atoms with E-state index in [2.05, 4.69) is 20.2 Å². The van der Waals surface area contributed by atoms with E-state index in [0.717, 1.165) is 11.0 Å². The fraction of sp³-hybridized carbons (Fsp3) is 0.238. The summed E-state index contributed by atoms with van der Waals surface area (Å²) < 4.78 is 28.4. The topological polar surface area (TPSA) is 143 Å². The molecule has 10 nitrogen and oxygen atoms in total. The van der Waals surface area contributed by atoms with E-state index in [1.165, 1.54) is 12.1 Å². The number of para-hydroxylation sites is 2. The molecule has 3 aromatic rings. The molecule has 3 rings (SSSR count). The van der Waals surface area contributed by atoms with Gasteiger partial charge in [-0.15, -0.1) is 0 Å². The van der Waals surface area contributed by atoms with E-state index < -0.39 is 16.0 Å². The molecule has 11 heteroatoms. The van der Waals surface area contributed by atoms with E-state index in [1.807, 2.05) is 35.9 Å². The van der Waals surface area contributed by atoms with E-state index in [4.69, 9.17) is 5.11 Å². The van der Waals surface area contributed by atoms with Crippen molar-refractivity contribution >= 4 is 38.6 Å². The van der Waals surface area contributed by atoms with Gasteiger partial charge >= 0.3 is 5.97 Å². The minimum absolute atomic E-state index is 0.00493. The van der Waals surface area contributed by atoms with Gasteiger partial charge in [0.1, 0.15) is 5.82 Å². The maximum absolute atomic E-state index is 12.3. The van der Waals surface area contributed by atoms with Crippen LogP contribution in [0.3, 0.4) is 0 Å². The third kappa shape index (κ3) is 5.56. The maximum Gasteiger partial charge on any atom is 0.304 e. The number of hydrogen-bond donors (Lipinski definition) is 3. The van der Waals surface area contributed by atoms with Gasteiger partial charge < -0.3 is 9.67 Å². The van der Waals surface area contributed by atoms with Crippen LogP contribution in [0.2, 0.25) is 0 Å². The number of fused-ring (bicyclic) bond motifs is 1. The molecule has 0 saturated carbocycles. The predicted octanol–water partition coefficient (Wildman–Crippen LogP) is 1.41. The first-order valence-corrected chi connectivity index (χ1v) is 11.2. The van der Waals surface area contributed by atoms with Crippen LogP contribution in [0, 0.1) is 0 Å². The molecule has 0 bridgehead atoms. The summed E-state index contributed by atoms with van der Waals surface area (Å²) in [5.74, 6) is -0.806. The molecule has 2 aromatic carbocycles. The van der Waals surface area contributed by atoms with E-state index in [9.17, 15) is 18.0 Å². The van der Waals surface area contributed by atoms with Crippen molar-refractivity contribution < 1.29 is 23.1 Å². The number of carboxylic acid groups (broad SMARTS) is 1. The largest absolute Gasteiger partial charge is 0.481 e. The standard InChI is InChI=1S/C21H23N5O5S/c1-14(15-7-9-16(10-8-15)32(30,31)22-12-11-21(28)29)24-25-20(27)13-19-23-17-5-3-4-6-18(17)26(19)2/h3-10,22H,11-13H2,1-2H3,(H,25,27)(H,28,29)/b24-14+. The number of carboxylic acids is 1. The summed E-state index contributed by atoms with van der Waals surface area (Å²) in [5, 5.41) is 12.7. The first-order valence-electron chi connectivity index (χ1n) is 9.73. The third-order valence-electron chi connectivity index (χ3n) is 4.76. The number of aliphatic carboxylic acids is 1. The lowest BCUT2D eigenvalue weighted by Gasteiger charge is -2.07. The molecular formula is C21H23N5O5S. The SMILES string of the molecule is C/C(=N\NC(=O)Cc1nc2ccccc2n1C)c1ccc(S(=O)(=O)NCCC(=O)O)cc1. The molecule has 0 saturated heterocycles. The number of nitrogens with zero attached hydrogens (tertiary/aromatic N) is 3. The minimum Gasteiger partial charge on any atom is -0.481 e. The van der Waals surface area contributed by atoms with Crippen LogP contribution in [-0.4, -0.2) is 47.2 Å². The molecule has 32 heavy (non-hydrogen) atoms. The summed E-state index contributed by atoms with van der Waals surface area (Å²) in [4.78, 5) is 27.3. The van der Waals surface area contributed by atoms with Crippen molar-refractivity contribution in [1.29, 1.82) is 0 Å². The van der Waals surface area contributed by atoms with Gasteiger partial charge in [-0.1, -0.05) is 24.3 Å². The number of aryl methyl sites for hydroxylation is 1. The summed E-state index contributed by atoms with van der Waals surface area (Å²) in [6.45, 7) is 1.49. The molecule has 0 spiro atoms. The molecule has 0 unspecified atom stereocenters. The average Bonchev–Trinajstić information content (AvgIpc) is 3.07. The Kier molecular flexibility index (Phi) is 7.01. The Balaban J connectivity index is 1.62. The van der Waals surface area contributed by atoms with Gasteiger partial charge in [0, 0.05) is 13.6 Å². The highest BCUT2D eigenvalue weighted by atomic mass is 32.2. The lowest BCUT2D eigenvalue weighted by Crippen LogP contribution is -2.26. The van der Waals surface area contributed by atoms with Crippen molar-refractivity contribution in [2.24, 2.45) is 12.1 Å². The van der Waals surface area contributed by atoms with Gasteiger partial charge in [0.2, 0.25) is 15.9 Å². The van der Waals surface area contributed by atoms with Gasteiger partial charge in [-0.3, -0.25) is 9.59 Å². The molecule has 168 valence electrons. The lowest BCUT2D eigenvalue weighted by atomic mass is 10.1. The van der Waals surface area contributed by atoms with Crippen molar-refractivity contribution in [3.63, 3.8) is 0 Å². The molecule has 1 amide bonds. The molecule has 0 fully saturated rings. The number of carbonyl (C=O) groups is 2. The van der Waals surface area contributed by atoms with Gasteiger partial charge in [0.25, 0.3) is 0 Å². The predicted molar refractivity (Wildman–Crippen MR) is 119 cm³/mol. The molecule has 0 aliphatic heterocycles. The molecule has 0 aliphatic rings. The van der Waals surface area contributed by atoms with Crippen molar-refractivity contribution in [2.45, 2.75) is 24.7 Å². The van der Waals surface area contributed by atoms with Crippen molar-refractivity contribution in [3.8, 4) is 0 Å². The molecule has 3 N–H and O–H groups in total. The van der Waals surface area contributed by atoms with Crippen LogP contribution in [0.15, 0.2) is 58.5 Å². The summed E-state index contributed by atoms with van der Waals surface area (Å²) in [6, 6.07) is 13.5. The van der Waals surface area contributed by atoms with Gasteiger partial charge in [0.05, 0.1) is 34.5 Å². The van der Waals surface area contributed by atoms with Crippen molar-refractivity contribution in [1.82, 2.24) is 19.7 Å². The second kappa shape index (κ2) is 9.71. The highest BCUT2D eigenvalue weighted by molar-refractivity contribution is 7.89. The second-order valence-electron chi connectivity index (χ2n) is 7.05. The first-order chi connectivity index (χ1) is 15.2. The highest BCUT2D eigenvalue weighted by Gasteiger charge is 2.15. The highest BCUT2D eigenvalue weighted by Crippen LogP contribution is 2.15. The zero-order valence-corrected chi connectivity index (χ0v) is 18.4. The Labute approximate surface area is 185 Å². The van der Waals surface area contributed by atoms with Gasteiger partial charge in [-0.05, 0) is 36.8 Å². The van der Waals surface area contributed by atoms with E-state index in [-0.39, 0.29) is 30.2 Å². The number of imidazole rings is 1. The average molecular weight is 458 g/mol. The molecule has 0 atom stereocenters. The van der Waals surface area contributed by atoms with E-state index in [1.54, 1.807) is 19.1 Å². The molecule has 1 heterocycles. The van der Waals surface area contributed by atoms with Crippen LogP contribution < -0.4 is 10.1 Å². The lowest BCUT2D eigenvalue weighted by molar-refractivity contribution is -0.136. The second-order valence-corrected chi connectivity index (χ2v) is 8.82. The monoisotopic (exact) mass is 457 g/mol. The Morgan fingerprint density at radius 1 is 1.12 bits per heavy atom. The van der Waals surface area contributed by atoms with Crippen molar-refractivity contribution in [2.75, 3.05) is 6.54 Å². The fourth-order valence-electron chi connectivity index (χ4n) is 3.00. The number of aromatic nitrogens is 2. The third-order valence-corrected chi connectivity index (χ3v) is 6.24. The Morgan fingerprint density at radius 3 is 2.47 bits per heavy atom. The summed E-state index contributed by atoms with van der Waals surface area (Å²) in [7, 11) is -1.96. The van der Waals surface area contributed by atoms with E-state index >= 15 is 0 Å². The Hall–Kier alpha value is -3.57. The number of nitrogens with one attached hydrogen (secondary N) is 2. The van der Waals surface area contributed by atoms with Gasteiger partial charge in [0.15, 0.2) is 0 Å². The Morgan fingerprint density at radius 2 is 1.81 bits per heavy atom. The van der Waals surface area contributed by atoms with Crippen LogP contribution >= 0.6 is 0 Å². The van der Waals surface area contributed by atoms with Gasteiger partial charge in [-0.2, -0.15) is 5.10 Å². The number of benzene rings is 2. The normalized spacial score (nSPS) is 12.1. The number of hydrazone groups is 1. The minimum atomic E-state index is -3.81. The number of amides is 1. The Bertz CT molecular complexity index is 1280. The quantitative estimate of drug-likeness (QED) is 0.327. The van der Waals surface area contributed by atoms with E-state index in [0.29, 0.717) is 17.1 Å². The van der Waals surface area contributed by atoms with Gasteiger partial charge in [-0.25, -0.2) is 23.5 Å².